The minimum absolute atomic E-state index is 0.00225. The van der Waals surface area contributed by atoms with Crippen molar-refractivity contribution in [1.82, 2.24) is 9.29 Å². The minimum Gasteiger partial charge on any atom is -0.477 e. The molecule has 0 saturated carbocycles. The van der Waals surface area contributed by atoms with Crippen LogP contribution >= 0.6 is 0 Å². The number of aromatic carboxylic acids is 1. The lowest BCUT2D eigenvalue weighted by molar-refractivity contribution is 0.0686. The summed E-state index contributed by atoms with van der Waals surface area (Å²) in [6.45, 7) is 2.00. The van der Waals surface area contributed by atoms with Gasteiger partial charge in [-0.05, 0) is 18.4 Å². The number of nitrogens with one attached hydrogen (secondary N) is 1. The molecule has 0 spiro atoms. The number of aryl methyl sites for hydroxylation is 1. The Morgan fingerprint density at radius 3 is 2.63 bits per heavy atom. The second-order valence-corrected chi connectivity index (χ2v) is 6.21. The molecule has 3 N–H and O–H groups in total. The third-order valence-corrected chi connectivity index (χ3v) is 4.14. The molecule has 0 fully saturated rings. The number of carboxylic acid groups (broad SMARTS) is 1. The largest absolute Gasteiger partial charge is 0.477 e. The third-order valence-electron chi connectivity index (χ3n) is 2.75. The van der Waals surface area contributed by atoms with E-state index in [2.05, 4.69) is 4.72 Å². The summed E-state index contributed by atoms with van der Waals surface area (Å²) >= 11 is 0. The fourth-order valence-corrected chi connectivity index (χ4v) is 2.79. The van der Waals surface area contributed by atoms with Gasteiger partial charge >= 0.3 is 5.97 Å². The lowest BCUT2D eigenvalue weighted by Gasteiger charge is -2.10. The number of hydrogen-bond donors (Lipinski definition) is 3. The number of aliphatic hydroxyl groups excluding tert-OH is 1. The topological polar surface area (TPSA) is 109 Å². The first-order valence-electron chi connectivity index (χ1n) is 5.78. The van der Waals surface area contributed by atoms with E-state index in [1.54, 1.807) is 0 Å². The van der Waals surface area contributed by atoms with E-state index in [0.717, 1.165) is 6.07 Å². The average Bonchev–Trinajstić information content (AvgIpc) is 2.70. The van der Waals surface area contributed by atoms with E-state index in [-0.39, 0.29) is 29.7 Å². The Morgan fingerprint density at radius 2 is 2.16 bits per heavy atom. The van der Waals surface area contributed by atoms with Gasteiger partial charge < -0.3 is 14.8 Å². The van der Waals surface area contributed by atoms with Gasteiger partial charge in [-0.2, -0.15) is 0 Å². The molecule has 1 aromatic rings. The van der Waals surface area contributed by atoms with Crippen LogP contribution in [0.1, 0.15) is 23.8 Å². The van der Waals surface area contributed by atoms with E-state index < -0.39 is 16.0 Å². The summed E-state index contributed by atoms with van der Waals surface area (Å²) in [7, 11) is -2.26. The Balaban J connectivity index is 2.83. The first kappa shape index (κ1) is 15.7. The van der Waals surface area contributed by atoms with Crippen molar-refractivity contribution in [3.05, 3.63) is 18.0 Å². The molecule has 1 atom stereocenters. The lowest BCUT2D eigenvalue weighted by atomic mass is 10.1. The van der Waals surface area contributed by atoms with E-state index in [0.29, 0.717) is 6.42 Å². The van der Waals surface area contributed by atoms with Crippen LogP contribution in [0.2, 0.25) is 0 Å². The molecule has 0 saturated heterocycles. The first-order chi connectivity index (χ1) is 8.77. The van der Waals surface area contributed by atoms with Crippen molar-refractivity contribution in [2.75, 3.05) is 13.2 Å². The number of aromatic nitrogens is 1. The van der Waals surface area contributed by atoms with Crippen LogP contribution in [0.25, 0.3) is 0 Å². The zero-order valence-electron chi connectivity index (χ0n) is 10.8. The molecule has 1 aromatic heterocycles. The highest BCUT2D eigenvalue weighted by Gasteiger charge is 2.20. The number of hydrogen-bond acceptors (Lipinski definition) is 4. The van der Waals surface area contributed by atoms with Crippen LogP contribution in [0.4, 0.5) is 0 Å². The number of rotatable bonds is 7. The van der Waals surface area contributed by atoms with Gasteiger partial charge in [0.1, 0.15) is 10.6 Å². The van der Waals surface area contributed by atoms with Crippen LogP contribution in [-0.4, -0.2) is 42.3 Å². The summed E-state index contributed by atoms with van der Waals surface area (Å²) in [5.41, 5.74) is -0.0937. The van der Waals surface area contributed by atoms with E-state index in [4.69, 9.17) is 10.2 Å². The summed E-state index contributed by atoms with van der Waals surface area (Å²) < 4.78 is 27.5. The Hall–Kier alpha value is -1.38. The lowest BCUT2D eigenvalue weighted by Crippen LogP contribution is -2.28. The molecule has 0 aromatic carbocycles. The molecule has 0 aliphatic rings. The maximum atomic E-state index is 11.9. The van der Waals surface area contributed by atoms with Crippen molar-refractivity contribution in [2.45, 2.75) is 18.2 Å². The van der Waals surface area contributed by atoms with Crippen molar-refractivity contribution in [3.63, 3.8) is 0 Å². The summed E-state index contributed by atoms with van der Waals surface area (Å²) in [6.07, 6.45) is 1.75. The fraction of sp³-hybridized carbons (Fsp3) is 0.545. The SMILES string of the molecule is CC(CCO)CNS(=O)(=O)c1cc(C(=O)O)n(C)c1. The highest BCUT2D eigenvalue weighted by molar-refractivity contribution is 7.89. The monoisotopic (exact) mass is 290 g/mol. The molecule has 108 valence electrons. The van der Waals surface area contributed by atoms with Gasteiger partial charge in [0.2, 0.25) is 10.0 Å². The highest BCUT2D eigenvalue weighted by Crippen LogP contribution is 2.14. The molecular weight excluding hydrogens is 272 g/mol. The van der Waals surface area contributed by atoms with E-state index in [1.807, 2.05) is 6.92 Å². The van der Waals surface area contributed by atoms with Crippen LogP contribution in [0, 0.1) is 5.92 Å². The second-order valence-electron chi connectivity index (χ2n) is 4.45. The van der Waals surface area contributed by atoms with Gasteiger partial charge in [0.25, 0.3) is 0 Å². The van der Waals surface area contributed by atoms with Gasteiger partial charge in [0.15, 0.2) is 0 Å². The van der Waals surface area contributed by atoms with Crippen LogP contribution in [-0.2, 0) is 17.1 Å². The number of nitrogens with zero attached hydrogens (tertiary/aromatic N) is 1. The predicted molar refractivity (Wildman–Crippen MR) is 68.4 cm³/mol. The van der Waals surface area contributed by atoms with Crippen molar-refractivity contribution in [2.24, 2.45) is 13.0 Å². The molecule has 0 aliphatic carbocycles. The first-order valence-corrected chi connectivity index (χ1v) is 7.26. The Kier molecular flexibility index (Phi) is 5.10. The smallest absolute Gasteiger partial charge is 0.352 e. The van der Waals surface area contributed by atoms with Crippen LogP contribution in [0.15, 0.2) is 17.2 Å². The molecule has 0 aliphatic heterocycles. The second kappa shape index (κ2) is 6.18. The van der Waals surface area contributed by atoms with Gasteiger partial charge in [0, 0.05) is 26.4 Å². The average molecular weight is 290 g/mol. The highest BCUT2D eigenvalue weighted by atomic mass is 32.2. The molecule has 0 bridgehead atoms. The van der Waals surface area contributed by atoms with Crippen molar-refractivity contribution in [3.8, 4) is 0 Å². The van der Waals surface area contributed by atoms with Crippen LogP contribution in [0.5, 0.6) is 0 Å². The minimum atomic E-state index is -3.72. The molecule has 1 heterocycles. The maximum Gasteiger partial charge on any atom is 0.352 e. The molecule has 8 heteroatoms. The summed E-state index contributed by atoms with van der Waals surface area (Å²) in [5, 5.41) is 17.6. The molecule has 19 heavy (non-hydrogen) atoms. The summed E-state index contributed by atoms with van der Waals surface area (Å²) in [6, 6.07) is 1.11. The summed E-state index contributed by atoms with van der Waals surface area (Å²) in [5.74, 6) is -1.18. The van der Waals surface area contributed by atoms with E-state index >= 15 is 0 Å². The number of sulfonamides is 1. The fourth-order valence-electron chi connectivity index (χ4n) is 1.55. The quantitative estimate of drug-likeness (QED) is 0.656. The molecule has 0 radical (unpaired) electrons. The van der Waals surface area contributed by atoms with Gasteiger partial charge in [-0.15, -0.1) is 0 Å². The van der Waals surface area contributed by atoms with Crippen LogP contribution in [0.3, 0.4) is 0 Å². The summed E-state index contributed by atoms with van der Waals surface area (Å²) in [4.78, 5) is 10.8. The molecule has 1 unspecified atom stereocenters. The Morgan fingerprint density at radius 1 is 1.53 bits per heavy atom. The van der Waals surface area contributed by atoms with Gasteiger partial charge in [-0.3, -0.25) is 0 Å². The van der Waals surface area contributed by atoms with Gasteiger partial charge in [-0.1, -0.05) is 6.92 Å². The van der Waals surface area contributed by atoms with Gasteiger partial charge in [0.05, 0.1) is 0 Å². The number of aliphatic hydroxyl groups is 1. The van der Waals surface area contributed by atoms with Gasteiger partial charge in [-0.25, -0.2) is 17.9 Å². The van der Waals surface area contributed by atoms with Crippen molar-refractivity contribution >= 4 is 16.0 Å². The predicted octanol–water partition coefficient (Wildman–Crippen LogP) is 0.0201. The Labute approximate surface area is 111 Å². The standard InChI is InChI=1S/C11H18N2O5S/c1-8(3-4-14)6-12-19(17,18)9-5-10(11(15)16)13(2)7-9/h5,7-8,12,14H,3-4,6H2,1-2H3,(H,15,16). The molecule has 0 amide bonds. The molecule has 7 nitrogen and oxygen atoms in total. The third kappa shape index (κ3) is 4.05. The normalized spacial score (nSPS) is 13.4. The number of carbonyl (C=O) groups is 1. The molecular formula is C11H18N2O5S. The van der Waals surface area contributed by atoms with Crippen LogP contribution < -0.4 is 4.72 Å². The van der Waals surface area contributed by atoms with Crippen molar-refractivity contribution < 1.29 is 23.4 Å². The maximum absolute atomic E-state index is 11.9. The zero-order valence-corrected chi connectivity index (χ0v) is 11.6. The molecule has 1 rings (SSSR count). The Bertz CT molecular complexity index is 549. The van der Waals surface area contributed by atoms with E-state index in [9.17, 15) is 13.2 Å². The zero-order chi connectivity index (χ0) is 14.6. The number of carboxylic acids is 1. The van der Waals surface area contributed by atoms with Crippen molar-refractivity contribution in [1.29, 1.82) is 0 Å². The van der Waals surface area contributed by atoms with E-state index in [1.165, 1.54) is 17.8 Å².